The molecule has 2 aliphatic heterocycles. The minimum Gasteiger partial charge on any atom is -0.351 e. The average Bonchev–Trinajstić information content (AvgIpc) is 2.82. The average molecular weight is 435 g/mol. The van der Waals surface area contributed by atoms with Crippen molar-refractivity contribution in [3.8, 4) is 0 Å². The summed E-state index contributed by atoms with van der Waals surface area (Å²) in [4.78, 5) is 41.2. The van der Waals surface area contributed by atoms with E-state index >= 15 is 0 Å². The highest BCUT2D eigenvalue weighted by molar-refractivity contribution is 5.96. The summed E-state index contributed by atoms with van der Waals surface area (Å²) in [5, 5.41) is 5.90. The number of para-hydroxylation sites is 1. The lowest BCUT2D eigenvalue weighted by Crippen LogP contribution is -2.51. The maximum Gasteiger partial charge on any atom is 0.234 e. The van der Waals surface area contributed by atoms with Crippen molar-refractivity contribution in [2.75, 3.05) is 38.0 Å². The van der Waals surface area contributed by atoms with E-state index in [9.17, 15) is 14.4 Å². The molecule has 2 aromatic carbocycles. The van der Waals surface area contributed by atoms with E-state index in [0.717, 1.165) is 16.8 Å². The second-order valence-corrected chi connectivity index (χ2v) is 8.51. The molecule has 1 saturated heterocycles. The Morgan fingerprint density at radius 1 is 0.969 bits per heavy atom. The molecule has 0 saturated carbocycles. The lowest BCUT2D eigenvalue weighted by molar-refractivity contribution is -0.133. The number of carbonyl (C=O) groups is 3. The molecule has 2 N–H and O–H groups in total. The maximum atomic E-state index is 12.7. The third-order valence-electron chi connectivity index (χ3n) is 6.24. The van der Waals surface area contributed by atoms with Gasteiger partial charge in [0.25, 0.3) is 0 Å². The maximum absolute atomic E-state index is 12.7. The van der Waals surface area contributed by atoms with Crippen LogP contribution in [0.3, 0.4) is 0 Å². The number of anilines is 1. The van der Waals surface area contributed by atoms with Crippen LogP contribution in [-0.4, -0.2) is 60.2 Å². The molecular formula is C25H30N4O3. The van der Waals surface area contributed by atoms with E-state index in [1.807, 2.05) is 59.5 Å². The van der Waals surface area contributed by atoms with Gasteiger partial charge in [0.05, 0.1) is 6.54 Å². The largest absolute Gasteiger partial charge is 0.351 e. The zero-order valence-electron chi connectivity index (χ0n) is 18.3. The highest BCUT2D eigenvalue weighted by Crippen LogP contribution is 2.27. The topological polar surface area (TPSA) is 81.8 Å². The summed E-state index contributed by atoms with van der Waals surface area (Å²) in [6, 6.07) is 17.7. The molecule has 1 unspecified atom stereocenters. The Morgan fingerprint density at radius 3 is 2.47 bits per heavy atom. The van der Waals surface area contributed by atoms with Crippen molar-refractivity contribution in [1.82, 2.24) is 15.1 Å². The zero-order chi connectivity index (χ0) is 22.3. The number of hydrogen-bond donors (Lipinski definition) is 2. The van der Waals surface area contributed by atoms with E-state index in [2.05, 4.69) is 15.5 Å². The van der Waals surface area contributed by atoms with E-state index in [0.29, 0.717) is 58.5 Å². The first-order chi connectivity index (χ1) is 15.6. The second-order valence-electron chi connectivity index (χ2n) is 8.51. The van der Waals surface area contributed by atoms with Gasteiger partial charge < -0.3 is 15.5 Å². The van der Waals surface area contributed by atoms with E-state index in [1.165, 1.54) is 0 Å². The summed E-state index contributed by atoms with van der Waals surface area (Å²) in [5.74, 6) is -0.0756. The highest BCUT2D eigenvalue weighted by Gasteiger charge is 2.28. The Hall–Kier alpha value is -3.19. The Kier molecular flexibility index (Phi) is 7.17. The number of nitrogens with zero attached hydrogens (tertiary/aromatic N) is 2. The van der Waals surface area contributed by atoms with E-state index in [-0.39, 0.29) is 23.6 Å². The van der Waals surface area contributed by atoms with Crippen LogP contribution in [0.5, 0.6) is 0 Å². The van der Waals surface area contributed by atoms with Gasteiger partial charge in [-0.3, -0.25) is 19.3 Å². The first-order valence-corrected chi connectivity index (χ1v) is 11.3. The number of nitrogens with one attached hydrogen (secondary N) is 2. The summed E-state index contributed by atoms with van der Waals surface area (Å²) in [6.45, 7) is 3.46. The molecule has 2 aliphatic rings. The molecule has 2 aromatic rings. The van der Waals surface area contributed by atoms with Crippen LogP contribution in [0.15, 0.2) is 54.6 Å². The Morgan fingerprint density at radius 2 is 1.69 bits per heavy atom. The number of benzene rings is 2. The molecule has 32 heavy (non-hydrogen) atoms. The number of piperazine rings is 1. The van der Waals surface area contributed by atoms with Gasteiger partial charge in [-0.2, -0.15) is 0 Å². The quantitative estimate of drug-likeness (QED) is 0.699. The first-order valence-electron chi connectivity index (χ1n) is 11.3. The number of rotatable bonds is 7. The first kappa shape index (κ1) is 22.0. The molecule has 1 atom stereocenters. The van der Waals surface area contributed by atoms with Crippen molar-refractivity contribution in [1.29, 1.82) is 0 Å². The minimum absolute atomic E-state index is 0.00257. The molecule has 3 amide bonds. The standard InChI is InChI=1S/C25H30N4O3/c30-23(26-17-19-6-2-1-3-7-19)18-28-12-14-29(15-13-28)24(31)11-10-21-16-20-8-4-5-9-22(20)27-25(21)32/h1-9,21H,10-18H2,(H,26,30)(H,27,32). The van der Waals surface area contributed by atoms with Crippen LogP contribution in [0.25, 0.3) is 0 Å². The normalized spacial score (nSPS) is 18.6. The predicted octanol–water partition coefficient (Wildman–Crippen LogP) is 2.04. The predicted molar refractivity (Wildman–Crippen MR) is 123 cm³/mol. The zero-order valence-corrected chi connectivity index (χ0v) is 18.3. The molecule has 0 aromatic heterocycles. The number of fused-ring (bicyclic) bond motifs is 1. The van der Waals surface area contributed by atoms with Crippen LogP contribution in [-0.2, 0) is 27.3 Å². The molecule has 2 heterocycles. The molecule has 168 valence electrons. The van der Waals surface area contributed by atoms with Crippen molar-refractivity contribution in [3.05, 3.63) is 65.7 Å². The van der Waals surface area contributed by atoms with Gasteiger partial charge in [-0.25, -0.2) is 0 Å². The number of hydrogen-bond acceptors (Lipinski definition) is 4. The fourth-order valence-electron chi connectivity index (χ4n) is 4.31. The van der Waals surface area contributed by atoms with Gasteiger partial charge in [0.1, 0.15) is 0 Å². The molecule has 0 spiro atoms. The fraction of sp³-hybridized carbons (Fsp3) is 0.400. The highest BCUT2D eigenvalue weighted by atomic mass is 16.2. The van der Waals surface area contributed by atoms with Crippen molar-refractivity contribution in [3.63, 3.8) is 0 Å². The van der Waals surface area contributed by atoms with Crippen molar-refractivity contribution >= 4 is 23.4 Å². The summed E-state index contributed by atoms with van der Waals surface area (Å²) >= 11 is 0. The molecule has 4 rings (SSSR count). The number of carbonyl (C=O) groups excluding carboxylic acids is 3. The molecule has 1 fully saturated rings. The van der Waals surface area contributed by atoms with Gasteiger partial charge >= 0.3 is 0 Å². The van der Waals surface area contributed by atoms with Gasteiger partial charge in [-0.1, -0.05) is 48.5 Å². The van der Waals surface area contributed by atoms with Crippen LogP contribution >= 0.6 is 0 Å². The lowest BCUT2D eigenvalue weighted by atomic mass is 9.89. The van der Waals surface area contributed by atoms with Crippen molar-refractivity contribution in [2.24, 2.45) is 5.92 Å². The van der Waals surface area contributed by atoms with Crippen molar-refractivity contribution < 1.29 is 14.4 Å². The molecule has 0 bridgehead atoms. The Labute approximate surface area is 188 Å². The van der Waals surface area contributed by atoms with E-state index < -0.39 is 0 Å². The molecule has 0 radical (unpaired) electrons. The molecule has 0 aliphatic carbocycles. The van der Waals surface area contributed by atoms with Gasteiger partial charge in [0, 0.05) is 50.7 Å². The summed E-state index contributed by atoms with van der Waals surface area (Å²) in [7, 11) is 0. The second kappa shape index (κ2) is 10.4. The minimum atomic E-state index is -0.163. The Bertz CT molecular complexity index is 955. The third-order valence-corrected chi connectivity index (χ3v) is 6.24. The third kappa shape index (κ3) is 5.73. The van der Waals surface area contributed by atoms with Crippen LogP contribution in [0.4, 0.5) is 5.69 Å². The summed E-state index contributed by atoms with van der Waals surface area (Å²) in [6.07, 6.45) is 1.61. The van der Waals surface area contributed by atoms with Crippen LogP contribution in [0.1, 0.15) is 24.0 Å². The molecule has 7 nitrogen and oxygen atoms in total. The van der Waals surface area contributed by atoms with Crippen LogP contribution in [0, 0.1) is 5.92 Å². The van der Waals surface area contributed by atoms with Gasteiger partial charge in [-0.15, -0.1) is 0 Å². The summed E-state index contributed by atoms with van der Waals surface area (Å²) < 4.78 is 0. The van der Waals surface area contributed by atoms with E-state index in [4.69, 9.17) is 0 Å². The smallest absolute Gasteiger partial charge is 0.234 e. The Balaban J connectivity index is 1.16. The van der Waals surface area contributed by atoms with Gasteiger partial charge in [-0.05, 0) is 30.0 Å². The van der Waals surface area contributed by atoms with Gasteiger partial charge in [0.15, 0.2) is 0 Å². The van der Waals surface area contributed by atoms with E-state index in [1.54, 1.807) is 0 Å². The summed E-state index contributed by atoms with van der Waals surface area (Å²) in [5.41, 5.74) is 3.08. The monoisotopic (exact) mass is 434 g/mol. The van der Waals surface area contributed by atoms with Crippen molar-refractivity contribution in [2.45, 2.75) is 25.8 Å². The number of amides is 3. The lowest BCUT2D eigenvalue weighted by Gasteiger charge is -2.34. The molecular weight excluding hydrogens is 404 g/mol. The van der Waals surface area contributed by atoms with Gasteiger partial charge in [0.2, 0.25) is 17.7 Å². The fourth-order valence-corrected chi connectivity index (χ4v) is 4.31. The SMILES string of the molecule is O=C(CN1CCN(C(=O)CCC2Cc3ccccc3NC2=O)CC1)NCc1ccccc1. The molecule has 7 heteroatoms. The van der Waals surface area contributed by atoms with Crippen LogP contribution < -0.4 is 10.6 Å². The van der Waals surface area contributed by atoms with Crippen LogP contribution in [0.2, 0.25) is 0 Å².